The Balaban J connectivity index is 2.12. The largest absolute Gasteiger partial charge is 0.392 e. The molecule has 0 radical (unpaired) electrons. The van der Waals surface area contributed by atoms with Crippen molar-refractivity contribution in [3.8, 4) is 0 Å². The molecule has 3 heteroatoms. The maximum Gasteiger partial charge on any atom is 0.0716 e. The SMILES string of the molecule is CC(C)(C)C1CCN(c2cccc(Cl)c2CO)CC1. The number of benzene rings is 1. The summed E-state index contributed by atoms with van der Waals surface area (Å²) in [5, 5.41) is 10.2. The van der Waals surface area contributed by atoms with Crippen LogP contribution in [0.25, 0.3) is 0 Å². The van der Waals surface area contributed by atoms with E-state index in [0.29, 0.717) is 10.4 Å². The number of halogens is 1. The number of rotatable bonds is 2. The molecule has 106 valence electrons. The van der Waals surface area contributed by atoms with Gasteiger partial charge < -0.3 is 10.0 Å². The smallest absolute Gasteiger partial charge is 0.0716 e. The highest BCUT2D eigenvalue weighted by Crippen LogP contribution is 2.37. The maximum atomic E-state index is 9.50. The van der Waals surface area contributed by atoms with E-state index in [1.165, 1.54) is 12.8 Å². The summed E-state index contributed by atoms with van der Waals surface area (Å²) >= 11 is 6.16. The predicted octanol–water partition coefficient (Wildman–Crippen LogP) is 4.09. The van der Waals surface area contributed by atoms with Crippen LogP contribution in [0.3, 0.4) is 0 Å². The summed E-state index contributed by atoms with van der Waals surface area (Å²) in [6.07, 6.45) is 2.42. The van der Waals surface area contributed by atoms with Crippen LogP contribution in [0.4, 0.5) is 5.69 Å². The summed E-state index contributed by atoms with van der Waals surface area (Å²) in [5.41, 5.74) is 2.35. The fourth-order valence-corrected chi connectivity index (χ4v) is 3.22. The predicted molar refractivity (Wildman–Crippen MR) is 81.8 cm³/mol. The minimum atomic E-state index is 0.00814. The van der Waals surface area contributed by atoms with Crippen LogP contribution in [0.15, 0.2) is 18.2 Å². The highest BCUT2D eigenvalue weighted by molar-refractivity contribution is 6.31. The van der Waals surface area contributed by atoms with Gasteiger partial charge in [0.15, 0.2) is 0 Å². The zero-order chi connectivity index (χ0) is 14.0. The molecule has 1 heterocycles. The Morgan fingerprint density at radius 3 is 2.42 bits per heavy atom. The first kappa shape index (κ1) is 14.7. The highest BCUT2D eigenvalue weighted by atomic mass is 35.5. The van der Waals surface area contributed by atoms with E-state index in [-0.39, 0.29) is 6.61 Å². The molecule has 1 saturated heterocycles. The number of piperidine rings is 1. The molecular weight excluding hydrogens is 258 g/mol. The van der Waals surface area contributed by atoms with Crippen LogP contribution in [-0.4, -0.2) is 18.2 Å². The van der Waals surface area contributed by atoms with Gasteiger partial charge in [-0.1, -0.05) is 38.4 Å². The van der Waals surface area contributed by atoms with Crippen molar-refractivity contribution < 1.29 is 5.11 Å². The molecule has 0 atom stereocenters. The third-order valence-electron chi connectivity index (χ3n) is 4.31. The number of aliphatic hydroxyl groups is 1. The molecule has 1 aromatic carbocycles. The van der Waals surface area contributed by atoms with Gasteiger partial charge in [-0.25, -0.2) is 0 Å². The number of hydrogen-bond donors (Lipinski definition) is 1. The summed E-state index contributed by atoms with van der Waals surface area (Å²) in [4.78, 5) is 2.36. The zero-order valence-electron chi connectivity index (χ0n) is 12.1. The summed E-state index contributed by atoms with van der Waals surface area (Å²) in [7, 11) is 0. The van der Waals surface area contributed by atoms with E-state index in [4.69, 9.17) is 11.6 Å². The second-order valence-corrected chi connectivity index (χ2v) is 6.93. The number of aliphatic hydroxyl groups excluding tert-OH is 1. The van der Waals surface area contributed by atoms with E-state index in [9.17, 15) is 5.11 Å². The summed E-state index contributed by atoms with van der Waals surface area (Å²) in [5.74, 6) is 0.778. The molecule has 1 fully saturated rings. The molecule has 1 aliphatic rings. The zero-order valence-corrected chi connectivity index (χ0v) is 12.9. The molecule has 1 aliphatic heterocycles. The lowest BCUT2D eigenvalue weighted by molar-refractivity contribution is 0.198. The molecule has 0 spiro atoms. The second-order valence-electron chi connectivity index (χ2n) is 6.52. The Hall–Kier alpha value is -0.730. The minimum absolute atomic E-state index is 0.00814. The van der Waals surface area contributed by atoms with E-state index >= 15 is 0 Å². The molecule has 1 N–H and O–H groups in total. The van der Waals surface area contributed by atoms with Crippen molar-refractivity contribution in [2.45, 2.75) is 40.2 Å². The Labute approximate surface area is 121 Å². The van der Waals surface area contributed by atoms with Crippen LogP contribution in [-0.2, 0) is 6.61 Å². The average molecular weight is 282 g/mol. The van der Waals surface area contributed by atoms with Crippen LogP contribution in [0.5, 0.6) is 0 Å². The molecule has 0 bridgehead atoms. The Morgan fingerprint density at radius 2 is 1.89 bits per heavy atom. The first-order chi connectivity index (χ1) is 8.93. The van der Waals surface area contributed by atoms with Gasteiger partial charge in [-0.3, -0.25) is 0 Å². The van der Waals surface area contributed by atoms with Gasteiger partial charge in [-0.05, 0) is 36.3 Å². The van der Waals surface area contributed by atoms with Gasteiger partial charge >= 0.3 is 0 Å². The standard InChI is InChI=1S/C16H24ClNO/c1-16(2,3)12-7-9-18(10-8-12)15-6-4-5-14(17)13(15)11-19/h4-6,12,19H,7-11H2,1-3H3. The molecule has 19 heavy (non-hydrogen) atoms. The third kappa shape index (κ3) is 3.24. The molecule has 0 amide bonds. The van der Waals surface area contributed by atoms with E-state index in [1.54, 1.807) is 0 Å². The van der Waals surface area contributed by atoms with Crippen LogP contribution < -0.4 is 4.90 Å². The second kappa shape index (κ2) is 5.72. The lowest BCUT2D eigenvalue weighted by Crippen LogP contribution is -2.38. The Morgan fingerprint density at radius 1 is 1.26 bits per heavy atom. The van der Waals surface area contributed by atoms with Crippen LogP contribution >= 0.6 is 11.6 Å². The van der Waals surface area contributed by atoms with Crippen molar-refractivity contribution in [2.24, 2.45) is 11.3 Å². The fourth-order valence-electron chi connectivity index (χ4n) is 2.99. The summed E-state index contributed by atoms with van der Waals surface area (Å²) < 4.78 is 0. The minimum Gasteiger partial charge on any atom is -0.392 e. The molecular formula is C16H24ClNO. The van der Waals surface area contributed by atoms with Crippen molar-refractivity contribution in [3.05, 3.63) is 28.8 Å². The van der Waals surface area contributed by atoms with Gasteiger partial charge in [0.1, 0.15) is 0 Å². The monoisotopic (exact) mass is 281 g/mol. The molecule has 0 aliphatic carbocycles. The first-order valence-electron chi connectivity index (χ1n) is 7.06. The Kier molecular flexibility index (Phi) is 4.42. The topological polar surface area (TPSA) is 23.5 Å². The third-order valence-corrected chi connectivity index (χ3v) is 4.67. The van der Waals surface area contributed by atoms with E-state index in [0.717, 1.165) is 30.3 Å². The van der Waals surface area contributed by atoms with Gasteiger partial charge in [-0.15, -0.1) is 0 Å². The van der Waals surface area contributed by atoms with E-state index in [2.05, 4.69) is 31.7 Å². The maximum absolute atomic E-state index is 9.50. The quantitative estimate of drug-likeness (QED) is 0.882. The number of anilines is 1. The van der Waals surface area contributed by atoms with Gasteiger partial charge in [0, 0.05) is 29.4 Å². The van der Waals surface area contributed by atoms with Gasteiger partial charge in [0.05, 0.1) is 6.61 Å². The fraction of sp³-hybridized carbons (Fsp3) is 0.625. The van der Waals surface area contributed by atoms with Gasteiger partial charge in [-0.2, -0.15) is 0 Å². The van der Waals surface area contributed by atoms with Gasteiger partial charge in [0.25, 0.3) is 0 Å². The van der Waals surface area contributed by atoms with Crippen molar-refractivity contribution >= 4 is 17.3 Å². The van der Waals surface area contributed by atoms with Gasteiger partial charge in [0.2, 0.25) is 0 Å². The molecule has 2 nitrogen and oxygen atoms in total. The van der Waals surface area contributed by atoms with Crippen molar-refractivity contribution in [1.82, 2.24) is 0 Å². The molecule has 0 saturated carbocycles. The Bertz CT molecular complexity index is 431. The molecule has 0 aromatic heterocycles. The number of nitrogens with zero attached hydrogens (tertiary/aromatic N) is 1. The highest BCUT2D eigenvalue weighted by Gasteiger charge is 2.29. The lowest BCUT2D eigenvalue weighted by Gasteiger charge is -2.40. The first-order valence-corrected chi connectivity index (χ1v) is 7.44. The van der Waals surface area contributed by atoms with Crippen molar-refractivity contribution in [3.63, 3.8) is 0 Å². The van der Waals surface area contributed by atoms with E-state index < -0.39 is 0 Å². The van der Waals surface area contributed by atoms with E-state index in [1.807, 2.05) is 12.1 Å². The van der Waals surface area contributed by atoms with Crippen molar-refractivity contribution in [2.75, 3.05) is 18.0 Å². The molecule has 1 aromatic rings. The van der Waals surface area contributed by atoms with Crippen LogP contribution in [0.1, 0.15) is 39.2 Å². The summed E-state index contributed by atoms with van der Waals surface area (Å²) in [6, 6.07) is 5.88. The number of hydrogen-bond acceptors (Lipinski definition) is 2. The van der Waals surface area contributed by atoms with Crippen molar-refractivity contribution in [1.29, 1.82) is 0 Å². The van der Waals surface area contributed by atoms with Crippen LogP contribution in [0, 0.1) is 11.3 Å². The average Bonchev–Trinajstić information content (AvgIpc) is 2.37. The summed E-state index contributed by atoms with van der Waals surface area (Å²) in [6.45, 7) is 9.09. The molecule has 2 rings (SSSR count). The normalized spacial score (nSPS) is 17.8. The van der Waals surface area contributed by atoms with Crippen LogP contribution in [0.2, 0.25) is 5.02 Å². The molecule has 0 unspecified atom stereocenters. The lowest BCUT2D eigenvalue weighted by atomic mass is 9.75.